The lowest BCUT2D eigenvalue weighted by Crippen LogP contribution is -2.12. The van der Waals surface area contributed by atoms with Crippen molar-refractivity contribution in [1.29, 1.82) is 0 Å². The van der Waals surface area contributed by atoms with Crippen LogP contribution in [0.3, 0.4) is 0 Å². The molecule has 1 heterocycles. The van der Waals surface area contributed by atoms with Crippen LogP contribution in [0.4, 0.5) is 0 Å². The van der Waals surface area contributed by atoms with Gasteiger partial charge in [-0.05, 0) is 54.3 Å². The van der Waals surface area contributed by atoms with Crippen molar-refractivity contribution in [2.24, 2.45) is 5.92 Å². The standard InChI is InChI=1S/C10H16BrNS/c1-8(3-4-12-2)5-10-6-9(11)7-13-10/h6-8,12H,3-5H2,1-2H3. The average Bonchev–Trinajstić information content (AvgIpc) is 2.48. The van der Waals surface area contributed by atoms with Crippen molar-refractivity contribution in [3.05, 3.63) is 20.8 Å². The monoisotopic (exact) mass is 261 g/mol. The zero-order valence-corrected chi connectivity index (χ0v) is 10.5. The molecule has 0 amide bonds. The van der Waals surface area contributed by atoms with E-state index in [1.807, 2.05) is 18.4 Å². The second-order valence-corrected chi connectivity index (χ2v) is 5.34. The van der Waals surface area contributed by atoms with Crippen LogP contribution in [0.2, 0.25) is 0 Å². The number of hydrogen-bond donors (Lipinski definition) is 1. The molecule has 1 rings (SSSR count). The van der Waals surface area contributed by atoms with E-state index in [1.165, 1.54) is 22.2 Å². The molecule has 0 bridgehead atoms. The predicted octanol–water partition coefficient (Wildman–Crippen LogP) is 3.30. The highest BCUT2D eigenvalue weighted by atomic mass is 79.9. The molecule has 0 aliphatic carbocycles. The van der Waals surface area contributed by atoms with Gasteiger partial charge < -0.3 is 5.32 Å². The summed E-state index contributed by atoms with van der Waals surface area (Å²) in [6.45, 7) is 3.43. The second kappa shape index (κ2) is 5.78. The Hall–Kier alpha value is 0.140. The van der Waals surface area contributed by atoms with E-state index in [4.69, 9.17) is 0 Å². The van der Waals surface area contributed by atoms with Crippen molar-refractivity contribution in [3.8, 4) is 0 Å². The van der Waals surface area contributed by atoms with E-state index in [-0.39, 0.29) is 0 Å². The van der Waals surface area contributed by atoms with Crippen LogP contribution >= 0.6 is 27.3 Å². The predicted molar refractivity (Wildman–Crippen MR) is 63.4 cm³/mol. The third-order valence-corrected chi connectivity index (χ3v) is 3.78. The Morgan fingerprint density at radius 1 is 1.62 bits per heavy atom. The van der Waals surface area contributed by atoms with E-state index >= 15 is 0 Å². The minimum Gasteiger partial charge on any atom is -0.320 e. The molecule has 13 heavy (non-hydrogen) atoms. The van der Waals surface area contributed by atoms with Gasteiger partial charge in [-0.25, -0.2) is 0 Å². The van der Waals surface area contributed by atoms with Gasteiger partial charge in [0.15, 0.2) is 0 Å². The normalized spacial score (nSPS) is 13.2. The Kier molecular flexibility index (Phi) is 4.99. The Morgan fingerprint density at radius 2 is 2.38 bits per heavy atom. The molecule has 1 atom stereocenters. The first-order chi connectivity index (χ1) is 6.22. The van der Waals surface area contributed by atoms with Crippen LogP contribution < -0.4 is 5.32 Å². The van der Waals surface area contributed by atoms with Gasteiger partial charge in [-0.2, -0.15) is 0 Å². The second-order valence-electron chi connectivity index (χ2n) is 3.43. The first kappa shape index (κ1) is 11.2. The van der Waals surface area contributed by atoms with Crippen molar-refractivity contribution in [3.63, 3.8) is 0 Å². The van der Waals surface area contributed by atoms with E-state index in [0.29, 0.717) is 0 Å². The van der Waals surface area contributed by atoms with Crippen LogP contribution in [0, 0.1) is 5.92 Å². The number of nitrogens with one attached hydrogen (secondary N) is 1. The van der Waals surface area contributed by atoms with Crippen LogP contribution in [-0.2, 0) is 6.42 Å². The van der Waals surface area contributed by atoms with E-state index in [2.05, 4.69) is 39.6 Å². The molecule has 0 spiro atoms. The zero-order valence-electron chi connectivity index (χ0n) is 8.14. The molecule has 1 N–H and O–H groups in total. The van der Waals surface area contributed by atoms with Gasteiger partial charge in [0, 0.05) is 14.7 Å². The molecule has 0 saturated carbocycles. The molecule has 0 fully saturated rings. The fraction of sp³-hybridized carbons (Fsp3) is 0.600. The lowest BCUT2D eigenvalue weighted by atomic mass is 10.0. The highest BCUT2D eigenvalue weighted by Gasteiger charge is 2.04. The van der Waals surface area contributed by atoms with E-state index in [0.717, 1.165) is 12.5 Å². The summed E-state index contributed by atoms with van der Waals surface area (Å²) in [4.78, 5) is 1.48. The maximum atomic E-state index is 3.47. The van der Waals surface area contributed by atoms with Gasteiger partial charge in [-0.1, -0.05) is 6.92 Å². The molecule has 0 aromatic carbocycles. The Bertz CT molecular complexity index is 247. The molecular weight excluding hydrogens is 246 g/mol. The van der Waals surface area contributed by atoms with Gasteiger partial charge in [-0.3, -0.25) is 0 Å². The van der Waals surface area contributed by atoms with Gasteiger partial charge in [0.25, 0.3) is 0 Å². The molecule has 1 nitrogen and oxygen atoms in total. The first-order valence-corrected chi connectivity index (χ1v) is 6.27. The highest BCUT2D eigenvalue weighted by Crippen LogP contribution is 2.23. The molecule has 0 saturated heterocycles. The fourth-order valence-electron chi connectivity index (χ4n) is 1.30. The largest absolute Gasteiger partial charge is 0.320 e. The van der Waals surface area contributed by atoms with Crippen molar-refractivity contribution in [1.82, 2.24) is 5.32 Å². The summed E-state index contributed by atoms with van der Waals surface area (Å²) < 4.78 is 1.22. The highest BCUT2D eigenvalue weighted by molar-refractivity contribution is 9.10. The quantitative estimate of drug-likeness (QED) is 0.858. The summed E-state index contributed by atoms with van der Waals surface area (Å²) >= 11 is 5.32. The maximum Gasteiger partial charge on any atom is 0.0285 e. The molecule has 0 radical (unpaired) electrons. The molecule has 0 aliphatic heterocycles. The average molecular weight is 262 g/mol. The van der Waals surface area contributed by atoms with Crippen molar-refractivity contribution in [2.75, 3.05) is 13.6 Å². The molecule has 3 heteroatoms. The minimum absolute atomic E-state index is 0.776. The summed E-state index contributed by atoms with van der Waals surface area (Å²) in [7, 11) is 2.01. The topological polar surface area (TPSA) is 12.0 Å². The fourth-order valence-corrected chi connectivity index (χ4v) is 2.91. The van der Waals surface area contributed by atoms with Gasteiger partial charge in [0.05, 0.1) is 0 Å². The first-order valence-electron chi connectivity index (χ1n) is 4.60. The summed E-state index contributed by atoms with van der Waals surface area (Å²) in [5.41, 5.74) is 0. The van der Waals surface area contributed by atoms with Gasteiger partial charge in [0.2, 0.25) is 0 Å². The third kappa shape index (κ3) is 4.25. The van der Waals surface area contributed by atoms with Gasteiger partial charge in [-0.15, -0.1) is 11.3 Å². The number of rotatable bonds is 5. The van der Waals surface area contributed by atoms with Crippen LogP contribution in [0.1, 0.15) is 18.2 Å². The number of hydrogen-bond acceptors (Lipinski definition) is 2. The minimum atomic E-state index is 0.776. The van der Waals surface area contributed by atoms with Crippen LogP contribution in [0.5, 0.6) is 0 Å². The van der Waals surface area contributed by atoms with Crippen molar-refractivity contribution < 1.29 is 0 Å². The van der Waals surface area contributed by atoms with Gasteiger partial charge >= 0.3 is 0 Å². The van der Waals surface area contributed by atoms with E-state index < -0.39 is 0 Å². The van der Waals surface area contributed by atoms with Crippen molar-refractivity contribution in [2.45, 2.75) is 19.8 Å². The molecular formula is C10H16BrNS. The number of thiophene rings is 1. The lowest BCUT2D eigenvalue weighted by molar-refractivity contribution is 0.518. The molecule has 1 aromatic heterocycles. The summed E-state index contributed by atoms with van der Waals surface area (Å²) in [5.74, 6) is 0.776. The zero-order chi connectivity index (χ0) is 9.68. The Balaban J connectivity index is 2.31. The molecule has 74 valence electrons. The van der Waals surface area contributed by atoms with E-state index in [1.54, 1.807) is 0 Å². The summed E-state index contributed by atoms with van der Waals surface area (Å²) in [5, 5.41) is 5.34. The lowest BCUT2D eigenvalue weighted by Gasteiger charge is -2.08. The molecule has 1 aromatic rings. The Morgan fingerprint density at radius 3 is 2.92 bits per heavy atom. The summed E-state index contributed by atoms with van der Waals surface area (Å²) in [6.07, 6.45) is 2.46. The molecule has 1 unspecified atom stereocenters. The van der Waals surface area contributed by atoms with Crippen LogP contribution in [0.15, 0.2) is 15.9 Å². The SMILES string of the molecule is CNCCC(C)Cc1cc(Br)cs1. The molecule has 0 aliphatic rings. The van der Waals surface area contributed by atoms with Crippen molar-refractivity contribution >= 4 is 27.3 Å². The smallest absolute Gasteiger partial charge is 0.0285 e. The van der Waals surface area contributed by atoms with Crippen LogP contribution in [-0.4, -0.2) is 13.6 Å². The van der Waals surface area contributed by atoms with Crippen LogP contribution in [0.25, 0.3) is 0 Å². The summed E-state index contributed by atoms with van der Waals surface area (Å²) in [6, 6.07) is 2.22. The third-order valence-electron chi connectivity index (χ3n) is 2.06. The Labute approximate surface area is 92.7 Å². The van der Waals surface area contributed by atoms with Gasteiger partial charge in [0.1, 0.15) is 0 Å². The van der Waals surface area contributed by atoms with E-state index in [9.17, 15) is 0 Å². The number of halogens is 1. The maximum absolute atomic E-state index is 3.47.